The summed E-state index contributed by atoms with van der Waals surface area (Å²) in [5, 5.41) is 10.9. The molecule has 1 aromatic carbocycles. The molecular weight excluding hydrogens is 410 g/mol. The van der Waals surface area contributed by atoms with Crippen molar-refractivity contribution in [3.63, 3.8) is 0 Å². The van der Waals surface area contributed by atoms with Crippen molar-refractivity contribution in [3.05, 3.63) is 95.9 Å². The molecule has 0 aliphatic rings. The van der Waals surface area contributed by atoms with Crippen LogP contribution in [0.4, 0.5) is 0 Å². The zero-order chi connectivity index (χ0) is 22.6. The molecule has 0 radical (unpaired) electrons. The number of benzene rings is 1. The number of pyridine rings is 3. The Morgan fingerprint density at radius 2 is 1.24 bits per heavy atom. The van der Waals surface area contributed by atoms with Crippen molar-refractivity contribution in [2.45, 2.75) is 26.2 Å². The second-order valence-corrected chi connectivity index (χ2v) is 7.93. The molecular formula is C27H23N5O. The molecule has 4 heterocycles. The fraction of sp³-hybridized carbons (Fsp3) is 0.148. The topological polar surface area (TPSA) is 84.7 Å². The van der Waals surface area contributed by atoms with Gasteiger partial charge in [-0.25, -0.2) is 9.97 Å². The van der Waals surface area contributed by atoms with E-state index >= 15 is 0 Å². The smallest absolute Gasteiger partial charge is 0.222 e. The second kappa shape index (κ2) is 9.12. The van der Waals surface area contributed by atoms with E-state index in [4.69, 9.17) is 9.97 Å². The molecule has 0 spiro atoms. The third-order valence-electron chi connectivity index (χ3n) is 5.44. The number of nitrogens with zero attached hydrogens (tertiary/aromatic N) is 5. The summed E-state index contributed by atoms with van der Waals surface area (Å²) >= 11 is 0. The maximum Gasteiger partial charge on any atom is 0.222 e. The highest BCUT2D eigenvalue weighted by Gasteiger charge is 2.10. The predicted molar refractivity (Wildman–Crippen MR) is 129 cm³/mol. The van der Waals surface area contributed by atoms with Gasteiger partial charge in [-0.05, 0) is 74.7 Å². The maximum atomic E-state index is 10.3. The lowest BCUT2D eigenvalue weighted by atomic mass is 10.1. The molecule has 4 aromatic heterocycles. The first-order valence-electron chi connectivity index (χ1n) is 11.0. The van der Waals surface area contributed by atoms with Gasteiger partial charge < -0.3 is 5.11 Å². The molecule has 0 aliphatic carbocycles. The average Bonchev–Trinajstić information content (AvgIpc) is 2.84. The standard InChI is InChI=1S/C27H23N5O/c1-18-8-4-15-23(28-18)24-16-6-11-19(29-24)9-5-10-20-12-7-17-25(30-20)26-31-22-14-3-2-13-21(22)27(33)32-26/h2-4,6-8,11-17H,5,9-10H2,1H3,(H,31,32,33). The third kappa shape index (κ3) is 4.70. The molecule has 33 heavy (non-hydrogen) atoms. The SMILES string of the molecule is Cc1cccc(-c2cccc(CCCc3cccc(-c4nc(O)c5ccccc5n4)n3)n2)n1. The van der Waals surface area contributed by atoms with Crippen LogP contribution in [0.15, 0.2) is 78.9 Å². The van der Waals surface area contributed by atoms with E-state index in [1.54, 1.807) is 6.07 Å². The Labute approximate surface area is 192 Å². The molecule has 6 heteroatoms. The molecule has 0 fully saturated rings. The van der Waals surface area contributed by atoms with Gasteiger partial charge in [0.25, 0.3) is 0 Å². The zero-order valence-electron chi connectivity index (χ0n) is 18.3. The first-order valence-corrected chi connectivity index (χ1v) is 11.0. The van der Waals surface area contributed by atoms with E-state index in [9.17, 15) is 5.11 Å². The van der Waals surface area contributed by atoms with Crippen LogP contribution in [0.5, 0.6) is 5.88 Å². The minimum Gasteiger partial charge on any atom is -0.493 e. The zero-order valence-corrected chi connectivity index (χ0v) is 18.3. The molecule has 1 N–H and O–H groups in total. The monoisotopic (exact) mass is 433 g/mol. The Kier molecular flexibility index (Phi) is 5.72. The molecule has 5 rings (SSSR count). The Balaban J connectivity index is 1.29. The van der Waals surface area contributed by atoms with Gasteiger partial charge in [0.05, 0.1) is 22.3 Å². The van der Waals surface area contributed by atoms with E-state index in [0.717, 1.165) is 47.7 Å². The molecule has 0 saturated heterocycles. The summed E-state index contributed by atoms with van der Waals surface area (Å²) in [6.07, 6.45) is 2.57. The van der Waals surface area contributed by atoms with E-state index < -0.39 is 0 Å². The van der Waals surface area contributed by atoms with Crippen LogP contribution in [0, 0.1) is 6.92 Å². The minimum absolute atomic E-state index is 0.0307. The number of hydrogen-bond donors (Lipinski definition) is 1. The van der Waals surface area contributed by atoms with Crippen LogP contribution in [0.25, 0.3) is 33.8 Å². The number of aromatic nitrogens is 5. The Bertz CT molecular complexity index is 1430. The first-order chi connectivity index (χ1) is 16.2. The second-order valence-electron chi connectivity index (χ2n) is 7.93. The van der Waals surface area contributed by atoms with E-state index in [0.29, 0.717) is 22.4 Å². The average molecular weight is 434 g/mol. The Morgan fingerprint density at radius 1 is 0.606 bits per heavy atom. The summed E-state index contributed by atoms with van der Waals surface area (Å²) < 4.78 is 0. The summed E-state index contributed by atoms with van der Waals surface area (Å²) in [7, 11) is 0. The lowest BCUT2D eigenvalue weighted by Crippen LogP contribution is -1.99. The van der Waals surface area contributed by atoms with Gasteiger partial charge in [0.15, 0.2) is 5.82 Å². The van der Waals surface area contributed by atoms with Crippen LogP contribution in [-0.4, -0.2) is 30.0 Å². The number of aryl methyl sites for hydroxylation is 3. The van der Waals surface area contributed by atoms with Crippen molar-refractivity contribution in [2.24, 2.45) is 0 Å². The summed E-state index contributed by atoms with van der Waals surface area (Å²) in [6.45, 7) is 1.98. The fourth-order valence-electron chi connectivity index (χ4n) is 3.82. The molecule has 162 valence electrons. The first kappa shape index (κ1) is 20.7. The van der Waals surface area contributed by atoms with E-state index in [-0.39, 0.29) is 5.88 Å². The lowest BCUT2D eigenvalue weighted by Gasteiger charge is -2.07. The molecule has 0 amide bonds. The summed E-state index contributed by atoms with van der Waals surface area (Å²) in [5.41, 5.74) is 6.11. The molecule has 5 aromatic rings. The highest BCUT2D eigenvalue weighted by molar-refractivity contribution is 5.84. The van der Waals surface area contributed by atoms with Crippen LogP contribution < -0.4 is 0 Å². The van der Waals surface area contributed by atoms with Gasteiger partial charge in [-0.15, -0.1) is 0 Å². The van der Waals surface area contributed by atoms with Crippen LogP contribution in [0.1, 0.15) is 23.5 Å². The fourth-order valence-corrected chi connectivity index (χ4v) is 3.82. The van der Waals surface area contributed by atoms with Crippen molar-refractivity contribution < 1.29 is 5.11 Å². The minimum atomic E-state index is -0.0307. The van der Waals surface area contributed by atoms with Gasteiger partial charge in [0.1, 0.15) is 5.69 Å². The highest BCUT2D eigenvalue weighted by Crippen LogP contribution is 2.24. The number of rotatable bonds is 6. The third-order valence-corrected chi connectivity index (χ3v) is 5.44. The predicted octanol–water partition coefficient (Wildman–Crippen LogP) is 5.34. The van der Waals surface area contributed by atoms with Gasteiger partial charge in [-0.3, -0.25) is 9.97 Å². The summed E-state index contributed by atoms with van der Waals surface area (Å²) in [6, 6.07) is 25.3. The van der Waals surface area contributed by atoms with Gasteiger partial charge >= 0.3 is 0 Å². The number of aromatic hydroxyl groups is 1. The quantitative estimate of drug-likeness (QED) is 0.389. The molecule has 0 saturated carbocycles. The van der Waals surface area contributed by atoms with Crippen LogP contribution in [-0.2, 0) is 12.8 Å². The highest BCUT2D eigenvalue weighted by atomic mass is 16.3. The van der Waals surface area contributed by atoms with E-state index in [2.05, 4.69) is 21.0 Å². The van der Waals surface area contributed by atoms with Crippen molar-refractivity contribution >= 4 is 10.9 Å². The van der Waals surface area contributed by atoms with Gasteiger partial charge in [0.2, 0.25) is 5.88 Å². The van der Waals surface area contributed by atoms with Crippen molar-refractivity contribution in [1.29, 1.82) is 0 Å². The number of para-hydroxylation sites is 1. The van der Waals surface area contributed by atoms with Gasteiger partial charge in [-0.1, -0.05) is 30.3 Å². The van der Waals surface area contributed by atoms with Gasteiger partial charge in [0, 0.05) is 17.1 Å². The summed E-state index contributed by atoms with van der Waals surface area (Å²) in [4.78, 5) is 22.9. The Morgan fingerprint density at radius 3 is 2.00 bits per heavy atom. The number of fused-ring (bicyclic) bond motifs is 1. The number of hydrogen-bond acceptors (Lipinski definition) is 6. The molecule has 0 unspecified atom stereocenters. The van der Waals surface area contributed by atoms with E-state index in [1.165, 1.54) is 0 Å². The molecule has 6 nitrogen and oxygen atoms in total. The lowest BCUT2D eigenvalue weighted by molar-refractivity contribution is 0.460. The van der Waals surface area contributed by atoms with Crippen molar-refractivity contribution in [1.82, 2.24) is 24.9 Å². The van der Waals surface area contributed by atoms with Crippen LogP contribution in [0.3, 0.4) is 0 Å². The van der Waals surface area contributed by atoms with Crippen LogP contribution in [0.2, 0.25) is 0 Å². The summed E-state index contributed by atoms with van der Waals surface area (Å²) in [5.74, 6) is 0.393. The van der Waals surface area contributed by atoms with E-state index in [1.807, 2.05) is 73.7 Å². The molecule has 0 aliphatic heterocycles. The Hall–Kier alpha value is -4.19. The van der Waals surface area contributed by atoms with Crippen molar-refractivity contribution in [2.75, 3.05) is 0 Å². The maximum absolute atomic E-state index is 10.3. The van der Waals surface area contributed by atoms with Crippen molar-refractivity contribution in [3.8, 4) is 28.8 Å². The molecule has 0 bridgehead atoms. The normalized spacial score (nSPS) is 11.1. The van der Waals surface area contributed by atoms with Gasteiger partial charge in [-0.2, -0.15) is 4.98 Å². The van der Waals surface area contributed by atoms with Crippen LogP contribution >= 0.6 is 0 Å². The molecule has 0 atom stereocenters. The largest absolute Gasteiger partial charge is 0.493 e.